The fourth-order valence-electron chi connectivity index (χ4n) is 10.5. The predicted octanol–water partition coefficient (Wildman–Crippen LogP) is 14.9. The third-order valence-corrected chi connectivity index (χ3v) is 13.3. The molecule has 292 valence electrons. The number of hydrogen-bond acceptors (Lipinski definition) is 3. The molecule has 0 N–H and O–H groups in total. The molecule has 1 spiro atoms. The minimum absolute atomic E-state index is 0.457. The van der Waals surface area contributed by atoms with Gasteiger partial charge >= 0.3 is 0 Å². The molecule has 2 heterocycles. The molecule has 0 aliphatic heterocycles. The van der Waals surface area contributed by atoms with Crippen LogP contribution in [-0.4, -0.2) is 15.0 Å². The minimum atomic E-state index is -0.457. The number of pyridine rings is 1. The van der Waals surface area contributed by atoms with Gasteiger partial charge in [-0.3, -0.25) is 0 Å². The van der Waals surface area contributed by atoms with Crippen molar-refractivity contribution in [1.29, 1.82) is 0 Å². The quantitative estimate of drug-likeness (QED) is 0.174. The largest absolute Gasteiger partial charge is 0.248 e. The molecule has 0 fully saturated rings. The maximum atomic E-state index is 5.51. The number of fused-ring (bicyclic) bond motifs is 12. The van der Waals surface area contributed by atoms with Crippen molar-refractivity contribution in [2.24, 2.45) is 0 Å². The molecule has 11 aromatic rings. The molecule has 0 amide bonds. The van der Waals surface area contributed by atoms with Crippen LogP contribution < -0.4 is 0 Å². The Bertz CT molecular complexity index is 3580. The molecule has 0 bridgehead atoms. The van der Waals surface area contributed by atoms with E-state index in [1.54, 1.807) is 0 Å². The molecular formula is C60H37N3. The van der Waals surface area contributed by atoms with E-state index in [0.29, 0.717) is 5.82 Å². The van der Waals surface area contributed by atoms with Gasteiger partial charge in [-0.25, -0.2) is 15.0 Å². The van der Waals surface area contributed by atoms with Crippen LogP contribution in [0.3, 0.4) is 0 Å². The molecule has 13 rings (SSSR count). The van der Waals surface area contributed by atoms with Crippen LogP contribution in [0, 0.1) is 0 Å². The molecule has 0 radical (unpaired) electrons. The Hall–Kier alpha value is -8.27. The molecule has 0 unspecified atom stereocenters. The van der Waals surface area contributed by atoms with Gasteiger partial charge in [-0.2, -0.15) is 0 Å². The van der Waals surface area contributed by atoms with E-state index in [9.17, 15) is 0 Å². The van der Waals surface area contributed by atoms with E-state index in [1.807, 2.05) is 6.07 Å². The van der Waals surface area contributed by atoms with E-state index in [-0.39, 0.29) is 0 Å². The Morgan fingerprint density at radius 1 is 0.270 bits per heavy atom. The zero-order chi connectivity index (χ0) is 41.5. The summed E-state index contributed by atoms with van der Waals surface area (Å²) in [7, 11) is 0. The van der Waals surface area contributed by atoms with Crippen molar-refractivity contribution >= 4 is 21.7 Å². The van der Waals surface area contributed by atoms with Gasteiger partial charge in [-0.15, -0.1) is 0 Å². The molecular weight excluding hydrogens is 763 g/mol. The minimum Gasteiger partial charge on any atom is -0.248 e. The van der Waals surface area contributed by atoms with Crippen molar-refractivity contribution in [2.45, 2.75) is 5.41 Å². The summed E-state index contributed by atoms with van der Waals surface area (Å²) in [5, 5.41) is 3.49. The number of benzene rings is 9. The lowest BCUT2D eigenvalue weighted by Crippen LogP contribution is -2.25. The molecule has 63 heavy (non-hydrogen) atoms. The van der Waals surface area contributed by atoms with Crippen LogP contribution in [-0.2, 0) is 5.41 Å². The van der Waals surface area contributed by atoms with Gasteiger partial charge in [-0.1, -0.05) is 188 Å². The summed E-state index contributed by atoms with van der Waals surface area (Å²) < 4.78 is 0. The highest BCUT2D eigenvalue weighted by molar-refractivity contribution is 6.04. The summed E-state index contributed by atoms with van der Waals surface area (Å²) >= 11 is 0. The van der Waals surface area contributed by atoms with Gasteiger partial charge < -0.3 is 0 Å². The molecule has 0 saturated heterocycles. The SMILES string of the molecule is c1ccc(-c2cc(-c3ccc4ccccc4c3)nc(-c3cccc(-c4cc(-c5ccccc5)nc5cc6c(cc45)-c4ccccc4C64c5ccccc5-c5ccccc54)c3)n2)cc1. The van der Waals surface area contributed by atoms with Gasteiger partial charge in [0.2, 0.25) is 0 Å². The smallest absolute Gasteiger partial charge is 0.160 e. The van der Waals surface area contributed by atoms with Crippen LogP contribution in [0.1, 0.15) is 22.3 Å². The molecule has 9 aromatic carbocycles. The summed E-state index contributed by atoms with van der Waals surface area (Å²) in [6.45, 7) is 0. The van der Waals surface area contributed by atoms with E-state index in [0.717, 1.165) is 61.4 Å². The van der Waals surface area contributed by atoms with E-state index in [2.05, 4.69) is 218 Å². The molecule has 3 heteroatoms. The van der Waals surface area contributed by atoms with Crippen LogP contribution in [0.5, 0.6) is 0 Å². The summed E-state index contributed by atoms with van der Waals surface area (Å²) in [4.78, 5) is 16.1. The topological polar surface area (TPSA) is 38.7 Å². The lowest BCUT2D eigenvalue weighted by atomic mass is 9.70. The average molecular weight is 800 g/mol. The van der Waals surface area contributed by atoms with Gasteiger partial charge in [0.15, 0.2) is 5.82 Å². The summed E-state index contributed by atoms with van der Waals surface area (Å²) in [5.41, 5.74) is 19.9. The monoisotopic (exact) mass is 799 g/mol. The molecule has 3 nitrogen and oxygen atoms in total. The van der Waals surface area contributed by atoms with Crippen LogP contribution in [0.2, 0.25) is 0 Å². The van der Waals surface area contributed by atoms with Gasteiger partial charge in [0.05, 0.1) is 28.0 Å². The van der Waals surface area contributed by atoms with Crippen LogP contribution in [0.15, 0.2) is 224 Å². The van der Waals surface area contributed by atoms with Gasteiger partial charge in [-0.05, 0) is 103 Å². The van der Waals surface area contributed by atoms with Gasteiger partial charge in [0, 0.05) is 27.6 Å². The maximum Gasteiger partial charge on any atom is 0.160 e. The predicted molar refractivity (Wildman–Crippen MR) is 258 cm³/mol. The number of hydrogen-bond donors (Lipinski definition) is 0. The summed E-state index contributed by atoms with van der Waals surface area (Å²) in [5.74, 6) is 0.679. The zero-order valence-electron chi connectivity index (χ0n) is 34.2. The molecule has 2 aliphatic rings. The second kappa shape index (κ2) is 13.9. The first-order chi connectivity index (χ1) is 31.2. The first-order valence-corrected chi connectivity index (χ1v) is 21.6. The Morgan fingerprint density at radius 2 is 0.794 bits per heavy atom. The third-order valence-electron chi connectivity index (χ3n) is 13.3. The van der Waals surface area contributed by atoms with Crippen molar-refractivity contribution < 1.29 is 0 Å². The Labute approximate surface area is 365 Å². The molecule has 0 saturated carbocycles. The average Bonchev–Trinajstić information content (AvgIpc) is 3.82. The maximum absolute atomic E-state index is 5.51. The van der Waals surface area contributed by atoms with Crippen molar-refractivity contribution in [3.63, 3.8) is 0 Å². The number of rotatable bonds is 5. The highest BCUT2D eigenvalue weighted by atomic mass is 14.9. The summed E-state index contributed by atoms with van der Waals surface area (Å²) in [6, 6.07) is 80.8. The van der Waals surface area contributed by atoms with E-state index >= 15 is 0 Å². The fourth-order valence-corrected chi connectivity index (χ4v) is 10.5. The second-order valence-electron chi connectivity index (χ2n) is 16.7. The highest BCUT2D eigenvalue weighted by Gasteiger charge is 2.51. The van der Waals surface area contributed by atoms with E-state index < -0.39 is 5.41 Å². The Morgan fingerprint density at radius 3 is 1.46 bits per heavy atom. The number of nitrogens with zero attached hydrogens (tertiary/aromatic N) is 3. The zero-order valence-corrected chi connectivity index (χ0v) is 34.2. The molecule has 2 aliphatic carbocycles. The van der Waals surface area contributed by atoms with Crippen LogP contribution in [0.25, 0.3) is 100 Å². The highest BCUT2D eigenvalue weighted by Crippen LogP contribution is 2.63. The first-order valence-electron chi connectivity index (χ1n) is 21.6. The first kappa shape index (κ1) is 35.5. The van der Waals surface area contributed by atoms with Crippen LogP contribution in [0.4, 0.5) is 0 Å². The lowest BCUT2D eigenvalue weighted by molar-refractivity contribution is 0.794. The van der Waals surface area contributed by atoms with Crippen molar-refractivity contribution in [2.75, 3.05) is 0 Å². The second-order valence-corrected chi connectivity index (χ2v) is 16.7. The van der Waals surface area contributed by atoms with Crippen molar-refractivity contribution in [1.82, 2.24) is 15.0 Å². The lowest BCUT2D eigenvalue weighted by Gasteiger charge is -2.30. The van der Waals surface area contributed by atoms with Crippen molar-refractivity contribution in [3.05, 3.63) is 247 Å². The van der Waals surface area contributed by atoms with Crippen LogP contribution >= 0.6 is 0 Å². The molecule has 0 atom stereocenters. The summed E-state index contributed by atoms with van der Waals surface area (Å²) in [6.07, 6.45) is 0. The molecule has 2 aromatic heterocycles. The third kappa shape index (κ3) is 5.43. The Balaban J connectivity index is 1.04. The van der Waals surface area contributed by atoms with Gasteiger partial charge in [0.25, 0.3) is 0 Å². The van der Waals surface area contributed by atoms with Gasteiger partial charge in [0.1, 0.15) is 0 Å². The van der Waals surface area contributed by atoms with Crippen molar-refractivity contribution in [3.8, 4) is 78.5 Å². The van der Waals surface area contributed by atoms with E-state index in [1.165, 1.54) is 55.3 Å². The standard InChI is InChI=1S/C60H37N3/c1-3-17-39(18-4-1)55-35-48(42-22-15-23-44(33-42)59-62-56(40-19-5-2-6-20-40)37-57(63-59)43-31-30-38-16-7-8-21-41(38)32-43)50-34-49-47-26-11-14-29-53(47)60(54(49)36-58(50)61-55)51-27-12-9-24-45(51)46-25-10-13-28-52(46)60/h1-37H. The Kier molecular flexibility index (Phi) is 7.82. The normalized spacial score (nSPS) is 12.9. The fraction of sp³-hybridized carbons (Fsp3) is 0.0167. The number of aromatic nitrogens is 3. The van der Waals surface area contributed by atoms with E-state index in [4.69, 9.17) is 15.0 Å².